The van der Waals surface area contributed by atoms with Crippen molar-refractivity contribution in [2.24, 2.45) is 0 Å². The maximum atomic E-state index is 12.9. The second-order valence-corrected chi connectivity index (χ2v) is 7.56. The Bertz CT molecular complexity index is 1270. The molecule has 4 rings (SSSR count). The van der Waals surface area contributed by atoms with Gasteiger partial charge in [-0.1, -0.05) is 12.1 Å². The van der Waals surface area contributed by atoms with E-state index in [0.29, 0.717) is 22.9 Å². The van der Waals surface area contributed by atoms with Crippen LogP contribution in [0.25, 0.3) is 16.9 Å². The summed E-state index contributed by atoms with van der Waals surface area (Å²) < 4.78 is 6.99. The van der Waals surface area contributed by atoms with E-state index in [1.807, 2.05) is 31.1 Å². The lowest BCUT2D eigenvalue weighted by molar-refractivity contribution is 0.0536. The SMILES string of the molecule is CN(C)c1ccnc(NC(=O)c2cnc3ccc(-c4cccc(OCC(O)CO)c4)nn23)c1. The molecule has 0 bridgehead atoms. The molecule has 1 atom stereocenters. The number of amides is 1. The number of nitrogens with one attached hydrogen (secondary N) is 1. The number of benzene rings is 1. The largest absolute Gasteiger partial charge is 0.491 e. The number of rotatable bonds is 8. The number of imidazole rings is 1. The first-order valence-electron chi connectivity index (χ1n) is 10.3. The molecule has 3 aromatic heterocycles. The van der Waals surface area contributed by atoms with Gasteiger partial charge in [0, 0.05) is 37.6 Å². The van der Waals surface area contributed by atoms with Gasteiger partial charge in [0.1, 0.15) is 24.3 Å². The van der Waals surface area contributed by atoms with Crippen LogP contribution in [0.3, 0.4) is 0 Å². The van der Waals surface area contributed by atoms with Crippen LogP contribution >= 0.6 is 0 Å². The minimum atomic E-state index is -0.956. The van der Waals surface area contributed by atoms with Crippen LogP contribution in [0.5, 0.6) is 5.75 Å². The van der Waals surface area contributed by atoms with Crippen LogP contribution in [0.1, 0.15) is 10.5 Å². The Labute approximate surface area is 190 Å². The van der Waals surface area contributed by atoms with Crippen molar-refractivity contribution in [3.8, 4) is 17.0 Å². The Morgan fingerprint density at radius 2 is 2.03 bits per heavy atom. The summed E-state index contributed by atoms with van der Waals surface area (Å²) in [4.78, 5) is 23.3. The predicted octanol–water partition coefficient (Wildman–Crippen LogP) is 1.84. The van der Waals surface area contributed by atoms with Crippen molar-refractivity contribution in [3.63, 3.8) is 0 Å². The van der Waals surface area contributed by atoms with Crippen molar-refractivity contribution < 1.29 is 19.7 Å². The highest BCUT2D eigenvalue weighted by Crippen LogP contribution is 2.23. The monoisotopic (exact) mass is 448 g/mol. The van der Waals surface area contributed by atoms with Crippen molar-refractivity contribution in [1.82, 2.24) is 19.6 Å². The van der Waals surface area contributed by atoms with Gasteiger partial charge in [-0.05, 0) is 30.3 Å². The molecule has 0 saturated carbocycles. The van der Waals surface area contributed by atoms with Gasteiger partial charge in [-0.15, -0.1) is 0 Å². The van der Waals surface area contributed by atoms with Crippen LogP contribution in [0.2, 0.25) is 0 Å². The Kier molecular flexibility index (Phi) is 6.48. The zero-order valence-corrected chi connectivity index (χ0v) is 18.2. The number of aliphatic hydroxyl groups excluding tert-OH is 2. The molecule has 0 saturated heterocycles. The molecule has 3 N–H and O–H groups in total. The Balaban J connectivity index is 1.59. The van der Waals surface area contributed by atoms with Crippen LogP contribution in [-0.4, -0.2) is 69.1 Å². The minimum Gasteiger partial charge on any atom is -0.491 e. The molecule has 0 radical (unpaired) electrons. The first-order valence-corrected chi connectivity index (χ1v) is 10.3. The Morgan fingerprint density at radius 3 is 2.82 bits per heavy atom. The highest BCUT2D eigenvalue weighted by atomic mass is 16.5. The first kappa shape index (κ1) is 22.2. The molecule has 0 spiro atoms. The highest BCUT2D eigenvalue weighted by molar-refractivity contribution is 6.03. The third-order valence-electron chi connectivity index (χ3n) is 4.88. The number of nitrogens with zero attached hydrogens (tertiary/aromatic N) is 5. The number of carbonyl (C=O) groups excluding carboxylic acids is 1. The summed E-state index contributed by atoms with van der Waals surface area (Å²) in [7, 11) is 3.82. The van der Waals surface area contributed by atoms with Gasteiger partial charge in [-0.2, -0.15) is 5.10 Å². The second-order valence-electron chi connectivity index (χ2n) is 7.56. The fourth-order valence-electron chi connectivity index (χ4n) is 3.12. The molecular formula is C23H24N6O4. The van der Waals surface area contributed by atoms with Gasteiger partial charge in [-0.3, -0.25) is 4.79 Å². The third-order valence-corrected chi connectivity index (χ3v) is 4.88. The second kappa shape index (κ2) is 9.63. The van der Waals surface area contributed by atoms with E-state index < -0.39 is 6.10 Å². The van der Waals surface area contributed by atoms with Gasteiger partial charge in [0.15, 0.2) is 11.3 Å². The molecule has 1 unspecified atom stereocenters. The lowest BCUT2D eigenvalue weighted by atomic mass is 10.1. The minimum absolute atomic E-state index is 0.0265. The van der Waals surface area contributed by atoms with E-state index >= 15 is 0 Å². The zero-order valence-electron chi connectivity index (χ0n) is 18.2. The Hall–Kier alpha value is -4.02. The molecule has 0 fully saturated rings. The molecule has 0 aliphatic carbocycles. The molecule has 1 aromatic carbocycles. The molecule has 1 amide bonds. The first-order chi connectivity index (χ1) is 15.9. The van der Waals surface area contributed by atoms with Crippen LogP contribution in [0.4, 0.5) is 11.5 Å². The number of pyridine rings is 1. The van der Waals surface area contributed by atoms with Crippen molar-refractivity contribution in [2.45, 2.75) is 6.10 Å². The molecule has 4 aromatic rings. The fraction of sp³-hybridized carbons (Fsp3) is 0.217. The van der Waals surface area contributed by atoms with E-state index in [2.05, 4.69) is 20.4 Å². The molecule has 0 aliphatic heterocycles. The fourth-order valence-corrected chi connectivity index (χ4v) is 3.12. The summed E-state index contributed by atoms with van der Waals surface area (Å²) >= 11 is 0. The Morgan fingerprint density at radius 1 is 1.18 bits per heavy atom. The van der Waals surface area contributed by atoms with Gasteiger partial charge >= 0.3 is 0 Å². The molecule has 33 heavy (non-hydrogen) atoms. The van der Waals surface area contributed by atoms with Crippen LogP contribution < -0.4 is 15.0 Å². The predicted molar refractivity (Wildman–Crippen MR) is 124 cm³/mol. The molecule has 10 heteroatoms. The molecule has 10 nitrogen and oxygen atoms in total. The van der Waals surface area contributed by atoms with Crippen LogP contribution in [0, 0.1) is 0 Å². The maximum absolute atomic E-state index is 12.9. The van der Waals surface area contributed by atoms with Crippen LogP contribution in [-0.2, 0) is 0 Å². The van der Waals surface area contributed by atoms with Crippen molar-refractivity contribution in [3.05, 3.63) is 66.6 Å². The van der Waals surface area contributed by atoms with E-state index in [4.69, 9.17) is 9.84 Å². The molecular weight excluding hydrogens is 424 g/mol. The number of anilines is 2. The van der Waals surface area contributed by atoms with Crippen LogP contribution in [0.15, 0.2) is 60.9 Å². The zero-order chi connectivity index (χ0) is 23.4. The number of carbonyl (C=O) groups is 1. The normalized spacial score (nSPS) is 11.9. The summed E-state index contributed by atoms with van der Waals surface area (Å²) in [5.41, 5.74) is 3.07. The lowest BCUT2D eigenvalue weighted by Gasteiger charge is -2.13. The van der Waals surface area contributed by atoms with E-state index in [1.165, 1.54) is 10.7 Å². The average molecular weight is 448 g/mol. The van der Waals surface area contributed by atoms with Gasteiger partial charge < -0.3 is 25.2 Å². The average Bonchev–Trinajstić information content (AvgIpc) is 3.26. The van der Waals surface area contributed by atoms with Crippen molar-refractivity contribution in [2.75, 3.05) is 37.5 Å². The summed E-state index contributed by atoms with van der Waals surface area (Å²) in [5, 5.41) is 25.8. The van der Waals surface area contributed by atoms with Gasteiger partial charge in [0.2, 0.25) is 0 Å². The van der Waals surface area contributed by atoms with Crippen molar-refractivity contribution >= 4 is 23.1 Å². The molecule has 170 valence electrons. The molecule has 3 heterocycles. The number of ether oxygens (including phenoxy) is 1. The smallest absolute Gasteiger partial charge is 0.277 e. The number of hydrogen-bond acceptors (Lipinski definition) is 8. The highest BCUT2D eigenvalue weighted by Gasteiger charge is 2.15. The number of aromatic nitrogens is 4. The van der Waals surface area contributed by atoms with Gasteiger partial charge in [0.05, 0.1) is 18.5 Å². The lowest BCUT2D eigenvalue weighted by Crippen LogP contribution is -2.21. The summed E-state index contributed by atoms with van der Waals surface area (Å²) in [5.74, 6) is 0.565. The summed E-state index contributed by atoms with van der Waals surface area (Å²) in [6, 6.07) is 14.4. The van der Waals surface area contributed by atoms with E-state index in [0.717, 1.165) is 11.3 Å². The third kappa shape index (κ3) is 5.08. The molecule has 0 aliphatic rings. The number of aliphatic hydroxyl groups is 2. The summed E-state index contributed by atoms with van der Waals surface area (Å²) in [6.45, 7) is -0.403. The van der Waals surface area contributed by atoms with Crippen molar-refractivity contribution in [1.29, 1.82) is 0 Å². The standard InChI is InChI=1S/C23H24N6O4/c1-28(2)16-8-9-24-21(11-16)26-23(32)20-12-25-22-7-6-19(27-29(20)22)15-4-3-5-18(10-15)33-14-17(31)13-30/h3-12,17,30-31H,13-14H2,1-2H3,(H,24,26,32). The van der Waals surface area contributed by atoms with E-state index in [9.17, 15) is 9.90 Å². The van der Waals surface area contributed by atoms with Gasteiger partial charge in [0.25, 0.3) is 5.91 Å². The summed E-state index contributed by atoms with van der Waals surface area (Å²) in [6.07, 6.45) is 2.14. The van der Waals surface area contributed by atoms with Gasteiger partial charge in [-0.25, -0.2) is 14.5 Å². The quantitative estimate of drug-likeness (QED) is 0.373. The topological polar surface area (TPSA) is 125 Å². The number of hydrogen-bond donors (Lipinski definition) is 3. The van der Waals surface area contributed by atoms with E-state index in [-0.39, 0.29) is 24.8 Å². The van der Waals surface area contributed by atoms with E-state index in [1.54, 1.807) is 42.6 Å². The maximum Gasteiger partial charge on any atom is 0.277 e. The number of fused-ring (bicyclic) bond motifs is 1.